The molecule has 2 heterocycles. The molecule has 0 aliphatic carbocycles. The zero-order valence-corrected chi connectivity index (χ0v) is 32.2. The maximum Gasteiger partial charge on any atom is 0.362 e. The number of rotatable bonds is 6. The predicted molar refractivity (Wildman–Crippen MR) is 216 cm³/mol. The molecule has 6 aromatic rings. The van der Waals surface area contributed by atoms with Crippen molar-refractivity contribution in [2.45, 2.75) is 0 Å². The van der Waals surface area contributed by atoms with Crippen LogP contribution in [0.3, 0.4) is 0 Å². The Bertz CT molecular complexity index is 2630. The molecule has 1 aliphatic rings. The van der Waals surface area contributed by atoms with Crippen LogP contribution >= 0.6 is 92.8 Å². The fourth-order valence-electron chi connectivity index (χ4n) is 5.65. The van der Waals surface area contributed by atoms with E-state index in [-0.39, 0.29) is 40.6 Å². The summed E-state index contributed by atoms with van der Waals surface area (Å²) < 4.78 is 12.5. The lowest BCUT2D eigenvalue weighted by Crippen LogP contribution is -2.64. The van der Waals surface area contributed by atoms with Gasteiger partial charge < -0.3 is 4.74 Å². The van der Waals surface area contributed by atoms with Crippen molar-refractivity contribution >= 4 is 116 Å². The molecule has 0 saturated heterocycles. The maximum atomic E-state index is 13.6. The molecule has 7 rings (SSSR count). The van der Waals surface area contributed by atoms with Crippen molar-refractivity contribution in [3.63, 3.8) is 0 Å². The molecule has 0 saturated carbocycles. The van der Waals surface area contributed by atoms with Crippen LogP contribution in [0.5, 0.6) is 0 Å². The molecule has 0 radical (unpaired) electrons. The summed E-state index contributed by atoms with van der Waals surface area (Å²) in [6.45, 7) is 0. The van der Waals surface area contributed by atoms with Gasteiger partial charge in [0.1, 0.15) is 11.5 Å². The van der Waals surface area contributed by atoms with E-state index in [0.29, 0.717) is 60.9 Å². The summed E-state index contributed by atoms with van der Waals surface area (Å²) in [5.41, 5.74) is 1.89. The molecule has 5 aromatic carbocycles. The highest BCUT2D eigenvalue weighted by atomic mass is 35.5. The Morgan fingerprint density at radius 2 is 1.04 bits per heavy atom. The molecule has 1 atom stereocenters. The number of allylic oxidation sites excluding steroid dienone is 2. The summed E-state index contributed by atoms with van der Waals surface area (Å²) in [4.78, 5) is 27.3. The fraction of sp³-hybridized carbons (Fsp3) is 0.0250. The van der Waals surface area contributed by atoms with E-state index in [2.05, 4.69) is 0 Å². The van der Waals surface area contributed by atoms with E-state index in [4.69, 9.17) is 102 Å². The summed E-state index contributed by atoms with van der Waals surface area (Å²) >= 11 is 50.8. The first-order valence-corrected chi connectivity index (χ1v) is 18.3. The van der Waals surface area contributed by atoms with Crippen molar-refractivity contribution in [1.29, 1.82) is 0 Å². The van der Waals surface area contributed by atoms with Crippen LogP contribution < -0.4 is 21.3 Å². The minimum absolute atomic E-state index is 0.0106. The van der Waals surface area contributed by atoms with Crippen LogP contribution in [-0.4, -0.2) is 0 Å². The van der Waals surface area contributed by atoms with Gasteiger partial charge in [0.05, 0.1) is 73.9 Å². The summed E-state index contributed by atoms with van der Waals surface area (Å²) in [5, 5.41) is 2.19. The topological polar surface area (TPSA) is 54.7 Å². The quantitative estimate of drug-likeness (QED) is 0.124. The van der Waals surface area contributed by atoms with Gasteiger partial charge in [0.25, 0.3) is 0 Å². The monoisotopic (exact) mass is 843 g/mol. The van der Waals surface area contributed by atoms with E-state index in [1.54, 1.807) is 91.0 Å². The van der Waals surface area contributed by atoms with Gasteiger partial charge in [-0.05, 0) is 72.3 Å². The molecule has 12 heteroatoms. The molecule has 258 valence electrons. The normalized spacial score (nSPS) is 14.1. The molecule has 0 amide bonds. The van der Waals surface area contributed by atoms with Crippen LogP contribution in [0.15, 0.2) is 111 Å². The van der Waals surface area contributed by atoms with Gasteiger partial charge in [-0.25, -0.2) is 4.42 Å². The lowest BCUT2D eigenvalue weighted by atomic mass is 9.97. The lowest BCUT2D eigenvalue weighted by molar-refractivity contribution is 0.458. The Kier molecular flexibility index (Phi) is 10.7. The second-order valence-electron chi connectivity index (χ2n) is 11.6. The van der Waals surface area contributed by atoms with E-state index < -0.39 is 16.8 Å². The molecule has 1 unspecified atom stereocenters. The number of hydrogen-bond acceptors (Lipinski definition) is 3. The predicted octanol–water partition coefficient (Wildman–Crippen LogP) is 12.1. The Morgan fingerprint density at radius 1 is 0.538 bits per heavy atom. The van der Waals surface area contributed by atoms with Gasteiger partial charge in [0, 0.05) is 17.0 Å². The van der Waals surface area contributed by atoms with E-state index in [1.807, 2.05) is 12.1 Å². The standard InChI is InChI=1S/C40H19Cl8O4/c41-27-7-3-1-5-23(27)35-13-19(11-33(51-35)21-15-29(43)37(47)30(44)16-21)9-25-39(49)26(40(25)50)10-20-12-34(22-17-31(45)38(48)32(46)18-22)52-36(14-20)24-6-2-4-8-28(24)42/h1-19H/q+1. The smallest absolute Gasteiger partial charge is 0.362 e. The molecule has 4 nitrogen and oxygen atoms in total. The van der Waals surface area contributed by atoms with Gasteiger partial charge in [0.2, 0.25) is 10.9 Å². The molecule has 0 N–H and O–H groups in total. The maximum absolute atomic E-state index is 13.6. The Morgan fingerprint density at radius 3 is 1.62 bits per heavy atom. The van der Waals surface area contributed by atoms with Gasteiger partial charge in [-0.3, -0.25) is 9.59 Å². The Balaban J connectivity index is 1.35. The van der Waals surface area contributed by atoms with Crippen molar-refractivity contribution < 1.29 is 9.15 Å². The molecule has 1 aliphatic heterocycles. The van der Waals surface area contributed by atoms with E-state index in [0.717, 1.165) is 0 Å². The van der Waals surface area contributed by atoms with Gasteiger partial charge in [0.15, 0.2) is 0 Å². The molecule has 0 bridgehead atoms. The molecular formula is C40H19Cl8O4+. The SMILES string of the molecule is O=c1c(=Cc2cc(-c3cc(Cl)c(Cl)c(Cl)c3)[o+]c(-c3ccccc3Cl)c2)c(=O)c1=CC1C=C(c2cc(Cl)c(Cl)c(Cl)c2)OC(c2ccccc2Cl)=C1. The highest BCUT2D eigenvalue weighted by molar-refractivity contribution is 6.49. The third-order valence-corrected chi connectivity index (χ3v) is 11.2. The van der Waals surface area contributed by atoms with Gasteiger partial charge >= 0.3 is 11.5 Å². The van der Waals surface area contributed by atoms with Crippen molar-refractivity contribution in [3.8, 4) is 22.6 Å². The average Bonchev–Trinajstić information content (AvgIpc) is 3.13. The van der Waals surface area contributed by atoms with Crippen molar-refractivity contribution in [2.24, 2.45) is 5.92 Å². The third kappa shape index (κ3) is 7.33. The van der Waals surface area contributed by atoms with Crippen molar-refractivity contribution in [1.82, 2.24) is 0 Å². The van der Waals surface area contributed by atoms with Crippen LogP contribution in [0.2, 0.25) is 40.2 Å². The number of ether oxygens (including phenoxy) is 1. The van der Waals surface area contributed by atoms with E-state index in [1.165, 1.54) is 6.08 Å². The lowest BCUT2D eigenvalue weighted by Gasteiger charge is -2.22. The molecule has 0 spiro atoms. The highest BCUT2D eigenvalue weighted by Gasteiger charge is 2.25. The van der Waals surface area contributed by atoms with Gasteiger partial charge in [-0.15, -0.1) is 0 Å². The van der Waals surface area contributed by atoms with Gasteiger partial charge in [-0.1, -0.05) is 123 Å². The zero-order chi connectivity index (χ0) is 36.8. The summed E-state index contributed by atoms with van der Waals surface area (Å²) in [6, 6.07) is 24.1. The van der Waals surface area contributed by atoms with Crippen LogP contribution in [0.25, 0.3) is 46.3 Å². The Hall–Kier alpha value is -3.55. The largest absolute Gasteiger partial charge is 0.457 e. The van der Waals surface area contributed by atoms with Gasteiger partial charge in [-0.2, -0.15) is 0 Å². The minimum Gasteiger partial charge on any atom is -0.457 e. The molecule has 52 heavy (non-hydrogen) atoms. The molecule has 0 fully saturated rings. The van der Waals surface area contributed by atoms with Crippen LogP contribution in [0.4, 0.5) is 0 Å². The summed E-state index contributed by atoms with van der Waals surface area (Å²) in [5.74, 6) is 0.967. The summed E-state index contributed by atoms with van der Waals surface area (Å²) in [7, 11) is 0. The van der Waals surface area contributed by atoms with Crippen LogP contribution in [0.1, 0.15) is 16.7 Å². The second-order valence-corrected chi connectivity index (χ2v) is 14.8. The first-order chi connectivity index (χ1) is 24.9. The highest BCUT2D eigenvalue weighted by Crippen LogP contribution is 2.40. The van der Waals surface area contributed by atoms with Crippen LogP contribution in [-0.2, 0) is 4.74 Å². The van der Waals surface area contributed by atoms with E-state index >= 15 is 0 Å². The summed E-state index contributed by atoms with van der Waals surface area (Å²) in [6.07, 6.45) is 6.60. The molecule has 1 aromatic heterocycles. The minimum atomic E-state index is -0.555. The van der Waals surface area contributed by atoms with Crippen LogP contribution in [0, 0.1) is 5.92 Å². The number of halogens is 8. The first-order valence-electron chi connectivity index (χ1n) is 15.3. The second kappa shape index (κ2) is 15.1. The number of benzene rings is 4. The van der Waals surface area contributed by atoms with Crippen molar-refractivity contribution in [3.05, 3.63) is 185 Å². The molecular weight excluding hydrogens is 828 g/mol. The van der Waals surface area contributed by atoms with Crippen molar-refractivity contribution in [2.75, 3.05) is 0 Å². The average molecular weight is 847 g/mol. The first kappa shape index (κ1) is 36.8. The Labute approximate surface area is 336 Å². The number of hydrogen-bond donors (Lipinski definition) is 0. The third-order valence-electron chi connectivity index (χ3n) is 8.19. The van der Waals surface area contributed by atoms with E-state index in [9.17, 15) is 9.59 Å². The fourth-order valence-corrected chi connectivity index (χ4v) is 7.30. The zero-order valence-electron chi connectivity index (χ0n) is 26.1.